The van der Waals surface area contributed by atoms with Crippen LogP contribution in [0.15, 0.2) is 35.0 Å². The van der Waals surface area contributed by atoms with Crippen LogP contribution in [0.2, 0.25) is 0 Å². The molecule has 1 nitrogen and oxygen atoms in total. The van der Waals surface area contributed by atoms with Gasteiger partial charge in [0.1, 0.15) is 0 Å². The lowest BCUT2D eigenvalue weighted by atomic mass is 9.96. The van der Waals surface area contributed by atoms with Crippen LogP contribution in [0.4, 0.5) is 0 Å². The molecule has 2 N–H and O–H groups in total. The summed E-state index contributed by atoms with van der Waals surface area (Å²) in [6, 6.07) is 8.90. The zero-order valence-corrected chi connectivity index (χ0v) is 11.3. The summed E-state index contributed by atoms with van der Waals surface area (Å²) in [5.41, 5.74) is 11.0. The molecule has 1 heterocycles. The molecular formula is C15H19NS. The van der Waals surface area contributed by atoms with Crippen molar-refractivity contribution in [3.63, 3.8) is 0 Å². The van der Waals surface area contributed by atoms with Gasteiger partial charge in [0.05, 0.1) is 0 Å². The van der Waals surface area contributed by atoms with Gasteiger partial charge in [0.15, 0.2) is 0 Å². The van der Waals surface area contributed by atoms with Crippen molar-refractivity contribution in [2.75, 3.05) is 0 Å². The van der Waals surface area contributed by atoms with Gasteiger partial charge in [-0.2, -0.15) is 11.3 Å². The molecule has 0 fully saturated rings. The maximum absolute atomic E-state index is 5.74. The molecule has 17 heavy (non-hydrogen) atoms. The predicted molar refractivity (Wildman–Crippen MR) is 76.4 cm³/mol. The van der Waals surface area contributed by atoms with E-state index in [1.165, 1.54) is 28.7 Å². The number of rotatable bonds is 4. The Bertz CT molecular complexity index is 470. The molecule has 1 aromatic carbocycles. The SMILES string of the molecule is CCC(C)c1ccc(-c2cscc2CN)cc1. The molecule has 0 aliphatic carbocycles. The monoisotopic (exact) mass is 245 g/mol. The van der Waals surface area contributed by atoms with Crippen molar-refractivity contribution < 1.29 is 0 Å². The molecule has 0 saturated heterocycles. The highest BCUT2D eigenvalue weighted by atomic mass is 32.1. The molecule has 2 rings (SSSR count). The van der Waals surface area contributed by atoms with Crippen LogP contribution < -0.4 is 5.73 Å². The average molecular weight is 245 g/mol. The lowest BCUT2D eigenvalue weighted by molar-refractivity contribution is 0.734. The van der Waals surface area contributed by atoms with Crippen molar-refractivity contribution in [3.05, 3.63) is 46.2 Å². The molecule has 0 amide bonds. The zero-order valence-electron chi connectivity index (χ0n) is 10.4. The standard InChI is InChI=1S/C15H19NS/c1-3-11(2)12-4-6-13(7-5-12)15-10-17-9-14(15)8-16/h4-7,9-11H,3,8,16H2,1-2H3. The van der Waals surface area contributed by atoms with E-state index in [0.29, 0.717) is 12.5 Å². The summed E-state index contributed by atoms with van der Waals surface area (Å²) in [5, 5.41) is 4.32. The van der Waals surface area contributed by atoms with E-state index in [1.54, 1.807) is 11.3 Å². The summed E-state index contributed by atoms with van der Waals surface area (Å²) in [4.78, 5) is 0. The van der Waals surface area contributed by atoms with E-state index in [4.69, 9.17) is 5.73 Å². The van der Waals surface area contributed by atoms with Gasteiger partial charge in [-0.05, 0) is 45.4 Å². The highest BCUT2D eigenvalue weighted by molar-refractivity contribution is 7.08. The third-order valence-corrected chi connectivity index (χ3v) is 4.16. The van der Waals surface area contributed by atoms with Crippen LogP contribution in [0.5, 0.6) is 0 Å². The lowest BCUT2D eigenvalue weighted by Gasteiger charge is -2.10. The summed E-state index contributed by atoms with van der Waals surface area (Å²) in [5.74, 6) is 0.639. The van der Waals surface area contributed by atoms with E-state index in [-0.39, 0.29) is 0 Å². The van der Waals surface area contributed by atoms with Crippen molar-refractivity contribution in [3.8, 4) is 11.1 Å². The number of benzene rings is 1. The van der Waals surface area contributed by atoms with E-state index in [0.717, 1.165) is 0 Å². The van der Waals surface area contributed by atoms with Crippen molar-refractivity contribution in [1.82, 2.24) is 0 Å². The summed E-state index contributed by atoms with van der Waals surface area (Å²) in [7, 11) is 0. The van der Waals surface area contributed by atoms with Crippen molar-refractivity contribution in [2.45, 2.75) is 32.7 Å². The van der Waals surface area contributed by atoms with Crippen molar-refractivity contribution >= 4 is 11.3 Å². The van der Waals surface area contributed by atoms with Crippen LogP contribution >= 0.6 is 11.3 Å². The first-order valence-electron chi connectivity index (χ1n) is 6.11. The van der Waals surface area contributed by atoms with Gasteiger partial charge in [-0.1, -0.05) is 38.1 Å². The molecule has 1 atom stereocenters. The molecule has 2 aromatic rings. The van der Waals surface area contributed by atoms with Gasteiger partial charge in [-0.25, -0.2) is 0 Å². The highest BCUT2D eigenvalue weighted by Gasteiger charge is 2.06. The van der Waals surface area contributed by atoms with Gasteiger partial charge in [-0.15, -0.1) is 0 Å². The minimum Gasteiger partial charge on any atom is -0.326 e. The lowest BCUT2D eigenvalue weighted by Crippen LogP contribution is -1.96. The average Bonchev–Trinajstić information content (AvgIpc) is 2.86. The first-order valence-corrected chi connectivity index (χ1v) is 7.06. The maximum Gasteiger partial charge on any atom is 0.0192 e. The van der Waals surface area contributed by atoms with Gasteiger partial charge in [-0.3, -0.25) is 0 Å². The second-order valence-corrected chi connectivity index (χ2v) is 5.19. The summed E-state index contributed by atoms with van der Waals surface area (Å²) >= 11 is 1.72. The molecular weight excluding hydrogens is 226 g/mol. The third kappa shape index (κ3) is 2.59. The quantitative estimate of drug-likeness (QED) is 0.849. The Labute approximate surface area is 107 Å². The second kappa shape index (κ2) is 5.48. The smallest absolute Gasteiger partial charge is 0.0192 e. The number of hydrogen-bond donors (Lipinski definition) is 1. The Morgan fingerprint density at radius 1 is 1.18 bits per heavy atom. The van der Waals surface area contributed by atoms with Gasteiger partial charge >= 0.3 is 0 Å². The molecule has 0 bridgehead atoms. The molecule has 0 aliphatic heterocycles. The van der Waals surface area contributed by atoms with Gasteiger partial charge < -0.3 is 5.73 Å². The summed E-state index contributed by atoms with van der Waals surface area (Å²) < 4.78 is 0. The Balaban J connectivity index is 2.29. The fourth-order valence-corrected chi connectivity index (χ4v) is 2.84. The Morgan fingerprint density at radius 3 is 2.47 bits per heavy atom. The van der Waals surface area contributed by atoms with E-state index in [1.807, 2.05) is 0 Å². The van der Waals surface area contributed by atoms with Crippen LogP contribution in [0.25, 0.3) is 11.1 Å². The van der Waals surface area contributed by atoms with Crippen LogP contribution in [-0.2, 0) is 6.54 Å². The fraction of sp³-hybridized carbons (Fsp3) is 0.333. The zero-order chi connectivity index (χ0) is 12.3. The minimum atomic E-state index is 0.617. The minimum absolute atomic E-state index is 0.617. The normalized spacial score (nSPS) is 12.6. The van der Waals surface area contributed by atoms with E-state index in [9.17, 15) is 0 Å². The number of nitrogens with two attached hydrogens (primary N) is 1. The topological polar surface area (TPSA) is 26.0 Å². The van der Waals surface area contributed by atoms with Gasteiger partial charge in [0.2, 0.25) is 0 Å². The highest BCUT2D eigenvalue weighted by Crippen LogP contribution is 2.29. The first-order chi connectivity index (χ1) is 8.26. The summed E-state index contributed by atoms with van der Waals surface area (Å²) in [6.07, 6.45) is 1.19. The molecule has 1 aromatic heterocycles. The molecule has 0 saturated carbocycles. The Kier molecular flexibility index (Phi) is 3.97. The molecule has 1 unspecified atom stereocenters. The number of hydrogen-bond acceptors (Lipinski definition) is 2. The van der Waals surface area contributed by atoms with Gasteiger partial charge in [0.25, 0.3) is 0 Å². The Hall–Kier alpha value is -1.12. The molecule has 0 aliphatic rings. The van der Waals surface area contributed by atoms with E-state index >= 15 is 0 Å². The molecule has 0 spiro atoms. The molecule has 90 valence electrons. The van der Waals surface area contributed by atoms with Gasteiger partial charge in [0, 0.05) is 6.54 Å². The van der Waals surface area contributed by atoms with E-state index in [2.05, 4.69) is 48.9 Å². The molecule has 2 heteroatoms. The maximum atomic E-state index is 5.74. The van der Waals surface area contributed by atoms with E-state index < -0.39 is 0 Å². The van der Waals surface area contributed by atoms with Crippen molar-refractivity contribution in [2.24, 2.45) is 5.73 Å². The largest absolute Gasteiger partial charge is 0.326 e. The van der Waals surface area contributed by atoms with Crippen LogP contribution in [0.1, 0.15) is 37.3 Å². The van der Waals surface area contributed by atoms with Crippen LogP contribution in [0, 0.1) is 0 Å². The molecule has 0 radical (unpaired) electrons. The fourth-order valence-electron chi connectivity index (χ4n) is 1.96. The van der Waals surface area contributed by atoms with Crippen LogP contribution in [-0.4, -0.2) is 0 Å². The van der Waals surface area contributed by atoms with Crippen LogP contribution in [0.3, 0.4) is 0 Å². The number of thiophene rings is 1. The Morgan fingerprint density at radius 2 is 1.88 bits per heavy atom. The predicted octanol–water partition coefficient (Wildman–Crippen LogP) is 4.39. The summed E-state index contributed by atoms with van der Waals surface area (Å²) in [6.45, 7) is 5.11. The second-order valence-electron chi connectivity index (χ2n) is 4.45. The third-order valence-electron chi connectivity index (χ3n) is 3.37. The van der Waals surface area contributed by atoms with Crippen molar-refractivity contribution in [1.29, 1.82) is 0 Å². The first kappa shape index (κ1) is 12.3.